The van der Waals surface area contributed by atoms with Gasteiger partial charge in [0.25, 0.3) is 5.56 Å². The second-order valence-corrected chi connectivity index (χ2v) is 8.76. The van der Waals surface area contributed by atoms with Gasteiger partial charge in [0.1, 0.15) is 5.69 Å². The zero-order chi connectivity index (χ0) is 20.5. The first-order valence-corrected chi connectivity index (χ1v) is 10.2. The lowest BCUT2D eigenvalue weighted by Crippen LogP contribution is -2.42. The van der Waals surface area contributed by atoms with Crippen LogP contribution in [0.25, 0.3) is 5.69 Å². The van der Waals surface area contributed by atoms with Crippen LogP contribution >= 0.6 is 0 Å². The molecule has 0 bridgehead atoms. The molecule has 0 saturated carbocycles. The monoisotopic (exact) mass is 400 g/mol. The summed E-state index contributed by atoms with van der Waals surface area (Å²) in [6, 6.07) is 18.4. The molecule has 3 aromatic rings. The maximum absolute atomic E-state index is 13.3. The molecule has 7 nitrogen and oxygen atoms in total. The molecule has 0 amide bonds. The van der Waals surface area contributed by atoms with E-state index < -0.39 is 10.2 Å². The molecular weight excluding hydrogens is 376 g/mol. The maximum Gasteiger partial charge on any atom is 0.304 e. The predicted molar refractivity (Wildman–Crippen MR) is 111 cm³/mol. The van der Waals surface area contributed by atoms with Gasteiger partial charge in [-0.15, -0.1) is 0 Å². The lowest BCUT2D eigenvalue weighted by Gasteiger charge is -2.26. The van der Waals surface area contributed by atoms with Crippen LogP contribution in [0, 0.1) is 6.92 Å². The van der Waals surface area contributed by atoms with Crippen LogP contribution in [0.15, 0.2) is 65.5 Å². The van der Waals surface area contributed by atoms with E-state index in [-0.39, 0.29) is 17.8 Å². The first-order valence-electron chi connectivity index (χ1n) is 8.83. The number of rotatable bonds is 6. The van der Waals surface area contributed by atoms with Crippen LogP contribution in [0.3, 0.4) is 0 Å². The molecule has 28 heavy (non-hydrogen) atoms. The molecule has 1 heterocycles. The van der Waals surface area contributed by atoms with Crippen LogP contribution in [0.2, 0.25) is 0 Å². The highest BCUT2D eigenvalue weighted by Crippen LogP contribution is 2.24. The van der Waals surface area contributed by atoms with Gasteiger partial charge in [0, 0.05) is 21.1 Å². The van der Waals surface area contributed by atoms with Crippen molar-refractivity contribution in [3.63, 3.8) is 0 Å². The normalized spacial score (nSPS) is 11.8. The van der Waals surface area contributed by atoms with Crippen LogP contribution in [0.5, 0.6) is 0 Å². The topological polar surface area (TPSA) is 67.6 Å². The molecular formula is C20H24N4O3S. The molecule has 1 aromatic heterocycles. The van der Waals surface area contributed by atoms with Crippen molar-refractivity contribution < 1.29 is 8.42 Å². The molecule has 0 unspecified atom stereocenters. The summed E-state index contributed by atoms with van der Waals surface area (Å²) in [5.74, 6) is 0. The van der Waals surface area contributed by atoms with Gasteiger partial charge >= 0.3 is 10.2 Å². The fourth-order valence-electron chi connectivity index (χ4n) is 3.06. The van der Waals surface area contributed by atoms with E-state index in [9.17, 15) is 13.2 Å². The Hall–Kier alpha value is -2.84. The van der Waals surface area contributed by atoms with Crippen LogP contribution in [0.4, 0.5) is 5.69 Å². The molecule has 2 aromatic carbocycles. The number of para-hydroxylation sites is 1. The molecule has 0 radical (unpaired) electrons. The number of hydrogen-bond acceptors (Lipinski definition) is 3. The van der Waals surface area contributed by atoms with Crippen LogP contribution in [-0.2, 0) is 23.8 Å². The van der Waals surface area contributed by atoms with Gasteiger partial charge in [-0.25, -0.2) is 8.99 Å². The van der Waals surface area contributed by atoms with Crippen molar-refractivity contribution in [2.75, 3.05) is 18.4 Å². The highest BCUT2D eigenvalue weighted by atomic mass is 32.2. The number of aromatic nitrogens is 2. The zero-order valence-electron chi connectivity index (χ0n) is 16.4. The molecule has 3 rings (SSSR count). The lowest BCUT2D eigenvalue weighted by atomic mass is 10.2. The standard InChI is InChI=1S/C20H24N4O3S/c1-16-19(20(25)24(22(16)4)18-13-9-6-10-14-18)23(28(26,27)21(2)3)15-17-11-7-5-8-12-17/h5-14H,15H2,1-4H3. The van der Waals surface area contributed by atoms with Crippen molar-refractivity contribution in [2.45, 2.75) is 13.5 Å². The van der Waals surface area contributed by atoms with Gasteiger partial charge < -0.3 is 0 Å². The highest BCUT2D eigenvalue weighted by molar-refractivity contribution is 7.90. The molecule has 0 aliphatic heterocycles. The first kappa shape index (κ1) is 19.9. The summed E-state index contributed by atoms with van der Waals surface area (Å²) in [4.78, 5) is 13.3. The Morgan fingerprint density at radius 3 is 2.00 bits per heavy atom. The van der Waals surface area contributed by atoms with Gasteiger partial charge in [0.05, 0.1) is 17.9 Å². The maximum atomic E-state index is 13.3. The quantitative estimate of drug-likeness (QED) is 0.638. The predicted octanol–water partition coefficient (Wildman–Crippen LogP) is 2.30. The minimum absolute atomic E-state index is 0.0657. The minimum Gasteiger partial charge on any atom is -0.283 e. The van der Waals surface area contributed by atoms with E-state index >= 15 is 0 Å². The fraction of sp³-hybridized carbons (Fsp3) is 0.250. The average molecular weight is 401 g/mol. The molecule has 8 heteroatoms. The van der Waals surface area contributed by atoms with E-state index in [0.29, 0.717) is 11.4 Å². The molecule has 0 fully saturated rings. The van der Waals surface area contributed by atoms with Crippen LogP contribution in [-0.4, -0.2) is 36.2 Å². The van der Waals surface area contributed by atoms with E-state index in [0.717, 1.165) is 9.87 Å². The smallest absolute Gasteiger partial charge is 0.283 e. The molecule has 0 aliphatic rings. The minimum atomic E-state index is -3.88. The van der Waals surface area contributed by atoms with Crippen molar-refractivity contribution in [2.24, 2.45) is 7.05 Å². The van der Waals surface area contributed by atoms with Crippen molar-refractivity contribution in [1.82, 2.24) is 13.7 Å². The van der Waals surface area contributed by atoms with Crippen LogP contribution in [0.1, 0.15) is 11.3 Å². The molecule has 0 saturated heterocycles. The van der Waals surface area contributed by atoms with Crippen LogP contribution < -0.4 is 9.86 Å². The number of benzene rings is 2. The third-order valence-electron chi connectivity index (χ3n) is 4.68. The van der Waals surface area contributed by atoms with Gasteiger partial charge in [-0.05, 0) is 24.6 Å². The summed E-state index contributed by atoms with van der Waals surface area (Å²) >= 11 is 0. The Kier molecular flexibility index (Phi) is 5.44. The summed E-state index contributed by atoms with van der Waals surface area (Å²) < 4.78 is 31.6. The average Bonchev–Trinajstić information content (AvgIpc) is 2.90. The van der Waals surface area contributed by atoms with Crippen molar-refractivity contribution >= 4 is 15.9 Å². The molecule has 0 aliphatic carbocycles. The second kappa shape index (κ2) is 7.65. The van der Waals surface area contributed by atoms with Crippen molar-refractivity contribution in [1.29, 1.82) is 0 Å². The second-order valence-electron chi connectivity index (χ2n) is 6.69. The van der Waals surface area contributed by atoms with E-state index in [1.807, 2.05) is 60.7 Å². The SMILES string of the molecule is Cc1c(N(Cc2ccccc2)S(=O)(=O)N(C)C)c(=O)n(-c2ccccc2)n1C. The largest absolute Gasteiger partial charge is 0.304 e. The van der Waals surface area contributed by atoms with E-state index in [4.69, 9.17) is 0 Å². The summed E-state index contributed by atoms with van der Waals surface area (Å²) in [7, 11) is 0.785. The van der Waals surface area contributed by atoms with Gasteiger partial charge in [-0.2, -0.15) is 12.7 Å². The fourth-order valence-corrected chi connectivity index (χ4v) is 4.21. The van der Waals surface area contributed by atoms with Gasteiger partial charge in [0.2, 0.25) is 0 Å². The lowest BCUT2D eigenvalue weighted by molar-refractivity contribution is 0.514. The number of anilines is 1. The third kappa shape index (κ3) is 3.48. The number of nitrogens with zero attached hydrogens (tertiary/aromatic N) is 4. The van der Waals surface area contributed by atoms with Gasteiger partial charge in [0.15, 0.2) is 0 Å². The van der Waals surface area contributed by atoms with E-state index in [2.05, 4.69) is 0 Å². The Labute approximate surface area is 165 Å². The zero-order valence-corrected chi connectivity index (χ0v) is 17.2. The van der Waals surface area contributed by atoms with E-state index in [1.54, 1.807) is 18.7 Å². The first-order chi connectivity index (χ1) is 13.2. The molecule has 0 spiro atoms. The summed E-state index contributed by atoms with van der Waals surface area (Å²) in [5, 5.41) is 0. The summed E-state index contributed by atoms with van der Waals surface area (Å²) in [6.45, 7) is 1.82. The van der Waals surface area contributed by atoms with Crippen molar-refractivity contribution in [3.8, 4) is 5.69 Å². The third-order valence-corrected chi connectivity index (χ3v) is 6.47. The highest BCUT2D eigenvalue weighted by Gasteiger charge is 2.31. The molecule has 0 atom stereocenters. The van der Waals surface area contributed by atoms with Gasteiger partial charge in [-0.1, -0.05) is 48.5 Å². The van der Waals surface area contributed by atoms with Crippen molar-refractivity contribution in [3.05, 3.63) is 82.3 Å². The Morgan fingerprint density at radius 2 is 1.46 bits per heavy atom. The van der Waals surface area contributed by atoms with E-state index in [1.165, 1.54) is 23.1 Å². The Balaban J connectivity index is 2.23. The molecule has 0 N–H and O–H groups in total. The molecule has 148 valence electrons. The number of hydrogen-bond donors (Lipinski definition) is 0. The Bertz CT molecular complexity index is 1120. The summed E-state index contributed by atoms with van der Waals surface area (Å²) in [5.41, 5.74) is 1.79. The summed E-state index contributed by atoms with van der Waals surface area (Å²) in [6.07, 6.45) is 0. The Morgan fingerprint density at radius 1 is 0.929 bits per heavy atom. The van der Waals surface area contributed by atoms with Gasteiger partial charge in [-0.3, -0.25) is 9.48 Å².